The van der Waals surface area contributed by atoms with Crippen molar-refractivity contribution in [2.75, 3.05) is 7.11 Å². The summed E-state index contributed by atoms with van der Waals surface area (Å²) in [6.07, 6.45) is -4.21. The number of fused-ring (bicyclic) bond motifs is 2. The van der Waals surface area contributed by atoms with E-state index < -0.39 is 24.1 Å². The number of ketones is 2. The van der Waals surface area contributed by atoms with E-state index in [1.807, 2.05) is 0 Å². The van der Waals surface area contributed by atoms with Gasteiger partial charge < -0.3 is 25.2 Å². The fraction of sp³-hybridized carbons (Fsp3) is 0.176. The highest BCUT2D eigenvalue weighted by Gasteiger charge is 2.36. The lowest BCUT2D eigenvalue weighted by atomic mass is 9.81. The predicted molar refractivity (Wildman–Crippen MR) is 80.7 cm³/mol. The fourth-order valence-electron chi connectivity index (χ4n) is 2.95. The maximum Gasteiger partial charge on any atom is 0.198 e. The third kappa shape index (κ3) is 2.22. The lowest BCUT2D eigenvalue weighted by Crippen LogP contribution is -2.24. The number of methoxy groups -OCH3 is 1. The quantitative estimate of drug-likeness (QED) is 0.514. The standard InChI is InChI=1S/C17H14O7/c1-24-15-11-9(6-10(16(20)21)12(15)17(22)23)13(18)7-4-2-3-5-8(7)14(11)19/h2-6,16-17,20-23H,1H3. The molecule has 0 radical (unpaired) electrons. The molecule has 7 heteroatoms. The summed E-state index contributed by atoms with van der Waals surface area (Å²) in [5.41, 5.74) is -0.540. The van der Waals surface area contributed by atoms with Gasteiger partial charge in [0, 0.05) is 22.3 Å². The first kappa shape index (κ1) is 16.3. The molecule has 2 aromatic rings. The number of rotatable bonds is 3. The van der Waals surface area contributed by atoms with Gasteiger partial charge in [0.2, 0.25) is 0 Å². The Hall–Kier alpha value is -2.58. The van der Waals surface area contributed by atoms with Gasteiger partial charge in [-0.15, -0.1) is 0 Å². The number of carbonyl (C=O) groups is 2. The second kappa shape index (κ2) is 5.81. The summed E-state index contributed by atoms with van der Waals surface area (Å²) < 4.78 is 5.11. The zero-order chi connectivity index (χ0) is 17.6. The smallest absolute Gasteiger partial charge is 0.198 e. The first-order valence-corrected chi connectivity index (χ1v) is 7.04. The lowest BCUT2D eigenvalue weighted by Gasteiger charge is -2.25. The molecule has 0 aromatic heterocycles. The Bertz CT molecular complexity index is 852. The average molecular weight is 330 g/mol. The SMILES string of the molecule is COc1c2c(cc(C(O)O)c1C(O)O)C(=O)c1ccccc1C2=O. The van der Waals surface area contributed by atoms with Gasteiger partial charge in [0.1, 0.15) is 5.75 Å². The van der Waals surface area contributed by atoms with E-state index >= 15 is 0 Å². The first-order valence-electron chi connectivity index (χ1n) is 7.04. The van der Waals surface area contributed by atoms with Crippen molar-refractivity contribution in [1.29, 1.82) is 0 Å². The third-order valence-corrected chi connectivity index (χ3v) is 3.98. The van der Waals surface area contributed by atoms with Gasteiger partial charge >= 0.3 is 0 Å². The van der Waals surface area contributed by atoms with Gasteiger partial charge in [0.25, 0.3) is 0 Å². The molecule has 0 aliphatic heterocycles. The van der Waals surface area contributed by atoms with E-state index in [0.717, 1.165) is 6.07 Å². The van der Waals surface area contributed by atoms with Crippen molar-refractivity contribution in [3.8, 4) is 5.75 Å². The second-order valence-electron chi connectivity index (χ2n) is 5.29. The van der Waals surface area contributed by atoms with Crippen molar-refractivity contribution in [2.45, 2.75) is 12.6 Å². The molecule has 2 aromatic carbocycles. The highest BCUT2D eigenvalue weighted by Crippen LogP contribution is 2.41. The molecule has 0 heterocycles. The molecule has 0 unspecified atom stereocenters. The average Bonchev–Trinajstić information content (AvgIpc) is 2.57. The number of benzene rings is 2. The molecular weight excluding hydrogens is 316 g/mol. The van der Waals surface area contributed by atoms with Gasteiger partial charge in [-0.2, -0.15) is 0 Å². The molecule has 7 nitrogen and oxygen atoms in total. The van der Waals surface area contributed by atoms with Crippen LogP contribution in [0.2, 0.25) is 0 Å². The maximum absolute atomic E-state index is 12.8. The van der Waals surface area contributed by atoms with Crippen molar-refractivity contribution >= 4 is 11.6 Å². The van der Waals surface area contributed by atoms with E-state index in [2.05, 4.69) is 0 Å². The number of carbonyl (C=O) groups excluding carboxylic acids is 2. The van der Waals surface area contributed by atoms with Crippen molar-refractivity contribution < 1.29 is 34.8 Å². The molecular formula is C17H14O7. The van der Waals surface area contributed by atoms with Crippen LogP contribution in [0.4, 0.5) is 0 Å². The van der Waals surface area contributed by atoms with Crippen molar-refractivity contribution in [3.05, 3.63) is 63.7 Å². The molecule has 0 bridgehead atoms. The van der Waals surface area contributed by atoms with E-state index in [-0.39, 0.29) is 39.1 Å². The molecule has 0 spiro atoms. The molecule has 0 fully saturated rings. The number of aliphatic hydroxyl groups excluding tert-OH is 2. The summed E-state index contributed by atoms with van der Waals surface area (Å²) in [5.74, 6) is -1.27. The molecule has 0 saturated heterocycles. The van der Waals surface area contributed by atoms with Crippen LogP contribution in [0.15, 0.2) is 30.3 Å². The van der Waals surface area contributed by atoms with E-state index in [0.29, 0.717) is 0 Å². The van der Waals surface area contributed by atoms with Crippen LogP contribution in [0.25, 0.3) is 0 Å². The highest BCUT2D eigenvalue weighted by atomic mass is 16.5. The van der Waals surface area contributed by atoms with Crippen LogP contribution in [0, 0.1) is 0 Å². The van der Waals surface area contributed by atoms with Crippen LogP contribution in [0.5, 0.6) is 5.75 Å². The zero-order valence-corrected chi connectivity index (χ0v) is 12.6. The predicted octanol–water partition coefficient (Wildman–Crippen LogP) is 0.437. The van der Waals surface area contributed by atoms with Crippen LogP contribution in [-0.4, -0.2) is 39.1 Å². The van der Waals surface area contributed by atoms with E-state index in [1.54, 1.807) is 12.1 Å². The van der Waals surface area contributed by atoms with Crippen molar-refractivity contribution in [3.63, 3.8) is 0 Å². The van der Waals surface area contributed by atoms with Gasteiger partial charge in [0.05, 0.1) is 18.2 Å². The Morgan fingerprint density at radius 2 is 1.46 bits per heavy atom. The summed E-state index contributed by atoms with van der Waals surface area (Å²) in [5, 5.41) is 38.2. The Kier molecular flexibility index (Phi) is 3.94. The van der Waals surface area contributed by atoms with Crippen molar-refractivity contribution in [2.24, 2.45) is 0 Å². The summed E-state index contributed by atoms with van der Waals surface area (Å²) >= 11 is 0. The highest BCUT2D eigenvalue weighted by molar-refractivity contribution is 6.29. The van der Waals surface area contributed by atoms with Crippen LogP contribution < -0.4 is 4.74 Å². The van der Waals surface area contributed by atoms with E-state index in [4.69, 9.17) is 4.74 Å². The molecule has 124 valence electrons. The number of hydrogen-bond acceptors (Lipinski definition) is 7. The van der Waals surface area contributed by atoms with Gasteiger partial charge in [-0.1, -0.05) is 24.3 Å². The monoisotopic (exact) mass is 330 g/mol. The Morgan fingerprint density at radius 3 is 1.96 bits per heavy atom. The third-order valence-electron chi connectivity index (χ3n) is 3.98. The minimum Gasteiger partial charge on any atom is -0.495 e. The van der Waals surface area contributed by atoms with Gasteiger partial charge in [-0.3, -0.25) is 9.59 Å². The molecule has 4 N–H and O–H groups in total. The van der Waals surface area contributed by atoms with E-state index in [9.17, 15) is 30.0 Å². The molecule has 0 amide bonds. The number of hydrogen-bond donors (Lipinski definition) is 4. The molecule has 24 heavy (non-hydrogen) atoms. The zero-order valence-electron chi connectivity index (χ0n) is 12.6. The van der Waals surface area contributed by atoms with E-state index in [1.165, 1.54) is 19.2 Å². The van der Waals surface area contributed by atoms with Crippen molar-refractivity contribution in [1.82, 2.24) is 0 Å². The number of ether oxygens (including phenoxy) is 1. The Morgan fingerprint density at radius 1 is 0.875 bits per heavy atom. The van der Waals surface area contributed by atoms with Crippen LogP contribution in [0.1, 0.15) is 55.5 Å². The summed E-state index contributed by atoms with van der Waals surface area (Å²) in [6, 6.07) is 7.28. The minimum atomic E-state index is -2.12. The Balaban J connectivity index is 2.41. The second-order valence-corrected chi connectivity index (χ2v) is 5.29. The van der Waals surface area contributed by atoms with Gasteiger partial charge in [0.15, 0.2) is 24.1 Å². The molecule has 0 atom stereocenters. The summed E-state index contributed by atoms with van der Waals surface area (Å²) in [6.45, 7) is 0. The van der Waals surface area contributed by atoms with Gasteiger partial charge in [-0.25, -0.2) is 0 Å². The maximum atomic E-state index is 12.8. The summed E-state index contributed by atoms with van der Waals surface area (Å²) in [4.78, 5) is 25.5. The van der Waals surface area contributed by atoms with Crippen LogP contribution >= 0.6 is 0 Å². The van der Waals surface area contributed by atoms with Crippen LogP contribution in [0.3, 0.4) is 0 Å². The first-order chi connectivity index (χ1) is 11.4. The molecule has 1 aliphatic carbocycles. The minimum absolute atomic E-state index is 0.0805. The van der Waals surface area contributed by atoms with Crippen LogP contribution in [-0.2, 0) is 0 Å². The summed E-state index contributed by atoms with van der Waals surface area (Å²) in [7, 11) is 1.19. The number of aliphatic hydroxyl groups is 4. The lowest BCUT2D eigenvalue weighted by molar-refractivity contribution is -0.0646. The van der Waals surface area contributed by atoms with Gasteiger partial charge in [-0.05, 0) is 6.07 Å². The molecule has 0 saturated carbocycles. The largest absolute Gasteiger partial charge is 0.495 e. The molecule has 1 aliphatic rings. The Labute approximate surface area is 136 Å². The normalized spacial score (nSPS) is 13.3. The topological polar surface area (TPSA) is 124 Å². The molecule has 3 rings (SSSR count). The fourth-order valence-corrected chi connectivity index (χ4v) is 2.95.